The van der Waals surface area contributed by atoms with Crippen LogP contribution in [-0.4, -0.2) is 15.9 Å². The predicted octanol–water partition coefficient (Wildman–Crippen LogP) is 2.65. The highest BCUT2D eigenvalue weighted by atomic mass is 16.1. The normalized spacial score (nSPS) is 10.2. The van der Waals surface area contributed by atoms with Crippen molar-refractivity contribution in [3.8, 4) is 0 Å². The molecule has 0 bridgehead atoms. The van der Waals surface area contributed by atoms with Crippen molar-refractivity contribution in [3.63, 3.8) is 0 Å². The van der Waals surface area contributed by atoms with Gasteiger partial charge in [-0.3, -0.25) is 4.79 Å². The number of carbonyl (C=O) groups is 1. The minimum atomic E-state index is -0.182. The summed E-state index contributed by atoms with van der Waals surface area (Å²) >= 11 is 0. The highest BCUT2D eigenvalue weighted by molar-refractivity contribution is 6.04. The maximum absolute atomic E-state index is 12.1. The van der Waals surface area contributed by atoms with E-state index in [9.17, 15) is 4.79 Å². The second-order valence-electron chi connectivity index (χ2n) is 4.35. The Morgan fingerprint density at radius 2 is 1.78 bits per heavy atom. The summed E-state index contributed by atoms with van der Waals surface area (Å²) in [6.07, 6.45) is 2.96. The van der Waals surface area contributed by atoms with Crippen LogP contribution in [0.1, 0.15) is 27.2 Å². The largest absolute Gasteiger partial charge is 0.322 e. The van der Waals surface area contributed by atoms with E-state index in [0.717, 1.165) is 16.8 Å². The zero-order valence-corrected chi connectivity index (χ0v) is 10.7. The molecule has 0 radical (unpaired) electrons. The van der Waals surface area contributed by atoms with Gasteiger partial charge in [-0.1, -0.05) is 6.07 Å². The summed E-state index contributed by atoms with van der Waals surface area (Å²) in [7, 11) is 0. The van der Waals surface area contributed by atoms with Gasteiger partial charge in [0.2, 0.25) is 0 Å². The second-order valence-corrected chi connectivity index (χ2v) is 4.35. The number of aromatic nitrogens is 2. The van der Waals surface area contributed by atoms with E-state index in [1.54, 1.807) is 6.92 Å². The smallest absolute Gasteiger partial charge is 0.259 e. The average molecular weight is 241 g/mol. The fourth-order valence-electron chi connectivity index (χ4n) is 1.86. The molecule has 0 aliphatic heterocycles. The van der Waals surface area contributed by atoms with Crippen molar-refractivity contribution >= 4 is 11.6 Å². The summed E-state index contributed by atoms with van der Waals surface area (Å²) in [4.78, 5) is 19.9. The summed E-state index contributed by atoms with van der Waals surface area (Å²) in [5, 5.41) is 2.86. The zero-order valence-electron chi connectivity index (χ0n) is 10.7. The third-order valence-corrected chi connectivity index (χ3v) is 2.64. The van der Waals surface area contributed by atoms with Crippen molar-refractivity contribution in [1.82, 2.24) is 9.97 Å². The van der Waals surface area contributed by atoms with Crippen LogP contribution in [0.25, 0.3) is 0 Å². The van der Waals surface area contributed by atoms with Gasteiger partial charge in [-0.15, -0.1) is 0 Å². The van der Waals surface area contributed by atoms with E-state index < -0.39 is 0 Å². The molecule has 92 valence electrons. The van der Waals surface area contributed by atoms with Crippen molar-refractivity contribution in [1.29, 1.82) is 0 Å². The van der Waals surface area contributed by atoms with E-state index in [4.69, 9.17) is 0 Å². The second kappa shape index (κ2) is 4.96. The Balaban J connectivity index is 2.24. The van der Waals surface area contributed by atoms with Gasteiger partial charge in [0, 0.05) is 11.9 Å². The van der Waals surface area contributed by atoms with Gasteiger partial charge in [0.05, 0.1) is 11.3 Å². The number of carbonyl (C=O) groups excluding carboxylic acids is 1. The lowest BCUT2D eigenvalue weighted by atomic mass is 10.1. The fourth-order valence-corrected chi connectivity index (χ4v) is 1.86. The van der Waals surface area contributed by atoms with Gasteiger partial charge in [-0.2, -0.15) is 0 Å². The molecule has 0 fully saturated rings. The summed E-state index contributed by atoms with van der Waals surface area (Å²) in [6.45, 7) is 5.79. The number of benzene rings is 1. The zero-order chi connectivity index (χ0) is 13.1. The van der Waals surface area contributed by atoms with E-state index in [2.05, 4.69) is 21.4 Å². The topological polar surface area (TPSA) is 54.9 Å². The SMILES string of the molecule is Cc1cc(C)cc(NC(=O)c2cncnc2C)c1. The first-order valence-corrected chi connectivity index (χ1v) is 5.72. The summed E-state index contributed by atoms with van der Waals surface area (Å²) < 4.78 is 0. The average Bonchev–Trinajstić information content (AvgIpc) is 2.27. The molecule has 4 heteroatoms. The number of amides is 1. The Labute approximate surface area is 106 Å². The Morgan fingerprint density at radius 1 is 1.11 bits per heavy atom. The molecular weight excluding hydrogens is 226 g/mol. The van der Waals surface area contributed by atoms with E-state index in [0.29, 0.717) is 11.3 Å². The van der Waals surface area contributed by atoms with Crippen LogP contribution in [0, 0.1) is 20.8 Å². The molecule has 2 rings (SSSR count). The number of aryl methyl sites for hydroxylation is 3. The Kier molecular flexibility index (Phi) is 3.37. The predicted molar refractivity (Wildman–Crippen MR) is 70.6 cm³/mol. The highest BCUT2D eigenvalue weighted by Gasteiger charge is 2.10. The van der Waals surface area contributed by atoms with E-state index >= 15 is 0 Å². The molecule has 1 aromatic heterocycles. The molecule has 1 N–H and O–H groups in total. The quantitative estimate of drug-likeness (QED) is 0.879. The van der Waals surface area contributed by atoms with Crippen LogP contribution in [0.2, 0.25) is 0 Å². The molecule has 0 aliphatic carbocycles. The number of nitrogens with zero attached hydrogens (tertiary/aromatic N) is 2. The Bertz CT molecular complexity index is 573. The Hall–Kier alpha value is -2.23. The minimum absolute atomic E-state index is 0.182. The van der Waals surface area contributed by atoms with Crippen molar-refractivity contribution in [3.05, 3.63) is 53.1 Å². The molecule has 1 aromatic carbocycles. The van der Waals surface area contributed by atoms with E-state index in [1.807, 2.05) is 26.0 Å². The lowest BCUT2D eigenvalue weighted by Gasteiger charge is -2.08. The summed E-state index contributed by atoms with van der Waals surface area (Å²) in [6, 6.07) is 5.93. The molecule has 0 atom stereocenters. The van der Waals surface area contributed by atoms with Crippen LogP contribution in [0.15, 0.2) is 30.7 Å². The van der Waals surface area contributed by atoms with Crippen LogP contribution in [0.4, 0.5) is 5.69 Å². The first-order valence-electron chi connectivity index (χ1n) is 5.72. The Morgan fingerprint density at radius 3 is 2.39 bits per heavy atom. The first kappa shape index (κ1) is 12.2. The number of rotatable bonds is 2. The monoisotopic (exact) mass is 241 g/mol. The lowest BCUT2D eigenvalue weighted by Crippen LogP contribution is -2.14. The van der Waals surface area contributed by atoms with Crippen molar-refractivity contribution in [2.75, 3.05) is 5.32 Å². The molecule has 0 aliphatic rings. The molecule has 2 aromatic rings. The van der Waals surface area contributed by atoms with Gasteiger partial charge >= 0.3 is 0 Å². The van der Waals surface area contributed by atoms with E-state index in [-0.39, 0.29) is 5.91 Å². The van der Waals surface area contributed by atoms with Crippen molar-refractivity contribution in [2.45, 2.75) is 20.8 Å². The van der Waals surface area contributed by atoms with Crippen LogP contribution in [-0.2, 0) is 0 Å². The summed E-state index contributed by atoms with van der Waals surface area (Å²) in [5.74, 6) is -0.182. The molecular formula is C14H15N3O. The third-order valence-electron chi connectivity index (χ3n) is 2.64. The highest BCUT2D eigenvalue weighted by Crippen LogP contribution is 2.15. The van der Waals surface area contributed by atoms with Gasteiger partial charge in [-0.05, 0) is 44.0 Å². The van der Waals surface area contributed by atoms with Gasteiger partial charge in [-0.25, -0.2) is 9.97 Å². The number of anilines is 1. The molecule has 0 saturated heterocycles. The van der Waals surface area contributed by atoms with Gasteiger partial charge in [0.1, 0.15) is 6.33 Å². The maximum atomic E-state index is 12.1. The molecule has 18 heavy (non-hydrogen) atoms. The molecule has 1 heterocycles. The molecule has 0 unspecified atom stereocenters. The molecule has 1 amide bonds. The maximum Gasteiger partial charge on any atom is 0.259 e. The van der Waals surface area contributed by atoms with Gasteiger partial charge < -0.3 is 5.32 Å². The number of nitrogens with one attached hydrogen (secondary N) is 1. The summed E-state index contributed by atoms with van der Waals surface area (Å²) in [5.41, 5.74) is 4.20. The number of hydrogen-bond acceptors (Lipinski definition) is 3. The number of hydrogen-bond donors (Lipinski definition) is 1. The van der Waals surface area contributed by atoms with Crippen LogP contribution in [0.5, 0.6) is 0 Å². The van der Waals surface area contributed by atoms with E-state index in [1.165, 1.54) is 12.5 Å². The molecule has 0 spiro atoms. The minimum Gasteiger partial charge on any atom is -0.322 e. The van der Waals surface area contributed by atoms with Crippen LogP contribution < -0.4 is 5.32 Å². The molecule has 0 saturated carbocycles. The van der Waals surface area contributed by atoms with Crippen LogP contribution in [0.3, 0.4) is 0 Å². The van der Waals surface area contributed by atoms with Crippen molar-refractivity contribution < 1.29 is 4.79 Å². The first-order chi connectivity index (χ1) is 8.56. The standard InChI is InChI=1S/C14H15N3O/c1-9-4-10(2)6-12(5-9)17-14(18)13-7-15-8-16-11(13)3/h4-8H,1-3H3,(H,17,18). The van der Waals surface area contributed by atoms with Crippen LogP contribution >= 0.6 is 0 Å². The third kappa shape index (κ3) is 2.71. The lowest BCUT2D eigenvalue weighted by molar-refractivity contribution is 0.102. The van der Waals surface area contributed by atoms with Gasteiger partial charge in [0.25, 0.3) is 5.91 Å². The molecule has 4 nitrogen and oxygen atoms in total. The van der Waals surface area contributed by atoms with Gasteiger partial charge in [0.15, 0.2) is 0 Å². The fraction of sp³-hybridized carbons (Fsp3) is 0.214. The van der Waals surface area contributed by atoms with Crippen molar-refractivity contribution in [2.24, 2.45) is 0 Å².